The maximum atomic E-state index is 11.4. The molecule has 0 bridgehead atoms. The Kier molecular flexibility index (Phi) is 3.54. The Balaban J connectivity index is 3.82. The van der Waals surface area contributed by atoms with E-state index in [1.54, 1.807) is 13.0 Å². The molecule has 0 aliphatic heterocycles. The molecule has 1 aromatic rings. The van der Waals surface area contributed by atoms with Gasteiger partial charge in [-0.15, -0.1) is 0 Å². The van der Waals surface area contributed by atoms with Crippen LogP contribution in [0.3, 0.4) is 0 Å². The van der Waals surface area contributed by atoms with E-state index in [2.05, 4.69) is 47.8 Å². The second kappa shape index (κ2) is 4.11. The van der Waals surface area contributed by atoms with Gasteiger partial charge in [0.2, 0.25) is 5.43 Å². The molecule has 0 radical (unpaired) electrons. The summed E-state index contributed by atoms with van der Waals surface area (Å²) in [6.07, 6.45) is 0. The van der Waals surface area contributed by atoms with E-state index in [-0.39, 0.29) is 5.75 Å². The van der Waals surface area contributed by atoms with Crippen molar-refractivity contribution in [2.45, 2.75) is 6.92 Å². The highest BCUT2D eigenvalue weighted by Crippen LogP contribution is 2.28. The first kappa shape index (κ1) is 11.2. The first-order valence-corrected chi connectivity index (χ1v) is 5.70. The van der Waals surface area contributed by atoms with E-state index in [0.717, 1.165) is 10.0 Å². The number of hydrogen-bond donors (Lipinski definition) is 1. The molecule has 0 amide bonds. The van der Waals surface area contributed by atoms with Gasteiger partial charge in [0.25, 0.3) is 0 Å². The lowest BCUT2D eigenvalue weighted by Gasteiger charge is -1.90. The van der Waals surface area contributed by atoms with Crippen LogP contribution in [0.15, 0.2) is 24.3 Å². The van der Waals surface area contributed by atoms with E-state index in [0.29, 0.717) is 8.95 Å². The van der Waals surface area contributed by atoms with Gasteiger partial charge >= 0.3 is 0 Å². The molecule has 0 saturated carbocycles. The maximum Gasteiger partial charge on any atom is 0.235 e. The summed E-state index contributed by atoms with van der Waals surface area (Å²) in [5.74, 6) is -0.291. The third-order valence-electron chi connectivity index (χ3n) is 1.58. The van der Waals surface area contributed by atoms with Crippen molar-refractivity contribution in [3.63, 3.8) is 0 Å². The van der Waals surface area contributed by atoms with Crippen LogP contribution in [0.2, 0.25) is 0 Å². The molecule has 0 aliphatic rings. The zero-order valence-corrected chi connectivity index (χ0v) is 11.3. The largest absolute Gasteiger partial charge is 0.503 e. The van der Waals surface area contributed by atoms with E-state index in [4.69, 9.17) is 0 Å². The molecule has 0 unspecified atom stereocenters. The average Bonchev–Trinajstić information content (AvgIpc) is 2.15. The minimum absolute atomic E-state index is 0.291. The van der Waals surface area contributed by atoms with Crippen LogP contribution in [0.4, 0.5) is 0 Å². The number of rotatable bonds is 0. The summed E-state index contributed by atoms with van der Waals surface area (Å²) in [5.41, 5.74) is 0.334. The molecule has 0 heterocycles. The van der Waals surface area contributed by atoms with Gasteiger partial charge in [-0.3, -0.25) is 4.79 Å². The Bertz CT molecular complexity index is 415. The van der Waals surface area contributed by atoms with Crippen molar-refractivity contribution in [3.05, 3.63) is 35.3 Å². The summed E-state index contributed by atoms with van der Waals surface area (Å²) < 4.78 is 1.49. The number of aromatic hydroxyl groups is 1. The van der Waals surface area contributed by atoms with Gasteiger partial charge in [-0.25, -0.2) is 0 Å². The van der Waals surface area contributed by atoms with E-state index in [1.807, 2.05) is 0 Å². The lowest BCUT2D eigenvalue weighted by molar-refractivity contribution is 0.467. The number of halogens is 3. The van der Waals surface area contributed by atoms with Crippen LogP contribution < -0.4 is 5.43 Å². The van der Waals surface area contributed by atoms with E-state index < -0.39 is 5.43 Å². The zero-order valence-electron chi connectivity index (χ0n) is 6.57. The van der Waals surface area contributed by atoms with Crippen molar-refractivity contribution in [3.8, 4) is 5.75 Å². The third-order valence-corrected chi connectivity index (χ3v) is 3.96. The molecule has 2 nitrogen and oxygen atoms in total. The molecule has 70 valence electrons. The maximum absolute atomic E-state index is 11.4. The second-order valence-corrected chi connectivity index (χ2v) is 4.96. The van der Waals surface area contributed by atoms with Crippen molar-refractivity contribution in [2.24, 2.45) is 0 Å². The summed E-state index contributed by atoms with van der Waals surface area (Å²) in [7, 11) is 0. The smallest absolute Gasteiger partial charge is 0.235 e. The van der Waals surface area contributed by atoms with Gasteiger partial charge in [0.05, 0.1) is 8.95 Å². The van der Waals surface area contributed by atoms with E-state index >= 15 is 0 Å². The normalized spacial score (nSPS) is 10.2. The highest BCUT2D eigenvalue weighted by molar-refractivity contribution is 9.11. The third kappa shape index (κ3) is 2.14. The van der Waals surface area contributed by atoms with Gasteiger partial charge in [-0.1, -0.05) is 15.9 Å². The molecule has 1 aromatic carbocycles. The molecule has 0 aliphatic carbocycles. The highest BCUT2D eigenvalue weighted by atomic mass is 79.9. The summed E-state index contributed by atoms with van der Waals surface area (Å²) in [6, 6.07) is 1.64. The van der Waals surface area contributed by atoms with Crippen LogP contribution >= 0.6 is 47.8 Å². The van der Waals surface area contributed by atoms with Gasteiger partial charge < -0.3 is 5.11 Å². The Morgan fingerprint density at radius 1 is 1.23 bits per heavy atom. The topological polar surface area (TPSA) is 37.3 Å². The monoisotopic (exact) mass is 370 g/mol. The summed E-state index contributed by atoms with van der Waals surface area (Å²) in [5, 5.41) is 9.39. The van der Waals surface area contributed by atoms with Crippen molar-refractivity contribution in [2.75, 3.05) is 0 Å². The lowest BCUT2D eigenvalue weighted by atomic mass is 10.3. The minimum Gasteiger partial charge on any atom is -0.503 e. The standard InChI is InChI=1S/C8H5Br3O2/c1-3-4(9)2-5(10)7(12)8(13)6(3)11/h2H,1H3,(H,12,13). The van der Waals surface area contributed by atoms with Gasteiger partial charge in [-0.2, -0.15) is 0 Å². The Morgan fingerprint density at radius 2 is 1.77 bits per heavy atom. The predicted octanol–water partition coefficient (Wildman–Crippen LogP) is 3.35. The van der Waals surface area contributed by atoms with Gasteiger partial charge in [0.15, 0.2) is 5.75 Å². The number of hydrogen-bond acceptors (Lipinski definition) is 2. The lowest BCUT2D eigenvalue weighted by Crippen LogP contribution is -1.98. The highest BCUT2D eigenvalue weighted by Gasteiger charge is 2.09. The van der Waals surface area contributed by atoms with Crippen LogP contribution in [-0.4, -0.2) is 5.11 Å². The quantitative estimate of drug-likeness (QED) is 0.758. The summed E-state index contributed by atoms with van der Waals surface area (Å²) >= 11 is 9.50. The van der Waals surface area contributed by atoms with E-state index in [1.165, 1.54) is 0 Å². The van der Waals surface area contributed by atoms with Crippen LogP contribution in [0.25, 0.3) is 0 Å². The molecule has 13 heavy (non-hydrogen) atoms. The molecule has 0 spiro atoms. The van der Waals surface area contributed by atoms with Crippen molar-refractivity contribution >= 4 is 47.8 Å². The molecule has 1 rings (SSSR count). The first-order valence-electron chi connectivity index (χ1n) is 3.32. The Labute approximate surface area is 100 Å². The Hall–Kier alpha value is 0.130. The fourth-order valence-electron chi connectivity index (χ4n) is 0.775. The molecule has 0 aromatic heterocycles. The zero-order chi connectivity index (χ0) is 10.2. The molecule has 0 atom stereocenters. The van der Waals surface area contributed by atoms with Crippen molar-refractivity contribution in [1.29, 1.82) is 0 Å². The summed E-state index contributed by atoms with van der Waals surface area (Å²) in [4.78, 5) is 11.4. The van der Waals surface area contributed by atoms with Gasteiger partial charge in [0, 0.05) is 4.47 Å². The second-order valence-electron chi connectivity index (χ2n) is 2.46. The van der Waals surface area contributed by atoms with Crippen molar-refractivity contribution < 1.29 is 5.11 Å². The van der Waals surface area contributed by atoms with Gasteiger partial charge in [-0.05, 0) is 50.4 Å². The van der Waals surface area contributed by atoms with E-state index in [9.17, 15) is 9.90 Å². The fourth-order valence-corrected chi connectivity index (χ4v) is 2.59. The van der Waals surface area contributed by atoms with Crippen LogP contribution in [-0.2, 0) is 0 Å². The Morgan fingerprint density at radius 3 is 2.31 bits per heavy atom. The average molecular weight is 373 g/mol. The molecular weight excluding hydrogens is 368 g/mol. The molecule has 1 N–H and O–H groups in total. The molecular formula is C8H5Br3O2. The first-order chi connectivity index (χ1) is 5.95. The van der Waals surface area contributed by atoms with Crippen LogP contribution in [0.5, 0.6) is 5.75 Å². The summed E-state index contributed by atoms with van der Waals surface area (Å²) in [6.45, 7) is 1.78. The molecule has 0 saturated heterocycles. The predicted molar refractivity (Wildman–Crippen MR) is 62.2 cm³/mol. The van der Waals surface area contributed by atoms with Gasteiger partial charge in [0.1, 0.15) is 0 Å². The fraction of sp³-hybridized carbons (Fsp3) is 0.125. The van der Waals surface area contributed by atoms with Crippen LogP contribution in [0.1, 0.15) is 5.56 Å². The molecule has 5 heteroatoms. The van der Waals surface area contributed by atoms with Crippen molar-refractivity contribution in [1.82, 2.24) is 0 Å². The SMILES string of the molecule is Cc1c(Br)cc(Br)c(O)c(=O)c1Br. The van der Waals surface area contributed by atoms with Crippen LogP contribution in [0, 0.1) is 6.92 Å². The molecule has 0 fully saturated rings. The minimum atomic E-state index is -0.421.